The molecule has 0 fully saturated rings. The number of anilines is 2. The lowest BCUT2D eigenvalue weighted by atomic mass is 10.2. The predicted octanol–water partition coefficient (Wildman–Crippen LogP) is 4.86. The summed E-state index contributed by atoms with van der Waals surface area (Å²) in [5, 5.41) is 5.43. The van der Waals surface area contributed by atoms with Gasteiger partial charge in [0.2, 0.25) is 11.8 Å². The van der Waals surface area contributed by atoms with E-state index in [0.29, 0.717) is 34.3 Å². The monoisotopic (exact) mass is 455 g/mol. The zero-order valence-corrected chi connectivity index (χ0v) is 17.3. The third kappa shape index (κ3) is 5.55. The summed E-state index contributed by atoms with van der Waals surface area (Å²) in [5.74, 6) is 0.881. The Morgan fingerprint density at radius 3 is 2.52 bits per heavy atom. The molecule has 0 aliphatic carbocycles. The molecule has 3 rings (SSSR count). The van der Waals surface area contributed by atoms with Gasteiger partial charge in [0.05, 0.1) is 18.4 Å². The largest absolute Gasteiger partial charge is 0.495 e. The SMILES string of the molecule is COc1ccc(NC(C)=O)cc1NC(=O)c1ccc(Oc2cccc(Br)c2)nc1. The van der Waals surface area contributed by atoms with E-state index < -0.39 is 0 Å². The molecule has 3 aromatic rings. The number of halogens is 1. The van der Waals surface area contributed by atoms with Crippen molar-refractivity contribution in [2.75, 3.05) is 17.7 Å². The highest BCUT2D eigenvalue weighted by atomic mass is 79.9. The molecule has 8 heteroatoms. The fourth-order valence-electron chi connectivity index (χ4n) is 2.51. The van der Waals surface area contributed by atoms with Crippen molar-refractivity contribution in [2.45, 2.75) is 6.92 Å². The van der Waals surface area contributed by atoms with E-state index in [2.05, 4.69) is 31.5 Å². The summed E-state index contributed by atoms with van der Waals surface area (Å²) in [6.07, 6.45) is 1.42. The highest BCUT2D eigenvalue weighted by Gasteiger charge is 2.12. The first-order chi connectivity index (χ1) is 13.9. The quantitative estimate of drug-likeness (QED) is 0.553. The number of nitrogens with one attached hydrogen (secondary N) is 2. The molecule has 2 aromatic carbocycles. The number of carbonyl (C=O) groups is 2. The van der Waals surface area contributed by atoms with Crippen LogP contribution in [0.3, 0.4) is 0 Å². The summed E-state index contributed by atoms with van der Waals surface area (Å²) in [7, 11) is 1.50. The molecule has 1 aromatic heterocycles. The van der Waals surface area contributed by atoms with Crippen LogP contribution in [0.15, 0.2) is 65.3 Å². The molecular formula is C21H18BrN3O4. The average molecular weight is 456 g/mol. The lowest BCUT2D eigenvalue weighted by molar-refractivity contribution is -0.114. The number of ether oxygens (including phenoxy) is 2. The van der Waals surface area contributed by atoms with E-state index in [4.69, 9.17) is 9.47 Å². The summed E-state index contributed by atoms with van der Waals surface area (Å²) in [6.45, 7) is 1.41. The molecule has 0 saturated carbocycles. The second-order valence-corrected chi connectivity index (χ2v) is 6.91. The molecule has 0 aliphatic heterocycles. The second kappa shape index (κ2) is 9.20. The van der Waals surface area contributed by atoms with Crippen molar-refractivity contribution >= 4 is 39.1 Å². The van der Waals surface area contributed by atoms with Crippen LogP contribution in [0, 0.1) is 0 Å². The molecule has 0 bridgehead atoms. The molecule has 0 saturated heterocycles. The maximum Gasteiger partial charge on any atom is 0.257 e. The second-order valence-electron chi connectivity index (χ2n) is 5.99. The van der Waals surface area contributed by atoms with E-state index in [-0.39, 0.29) is 11.8 Å². The molecule has 148 valence electrons. The van der Waals surface area contributed by atoms with E-state index in [0.717, 1.165) is 4.47 Å². The first-order valence-electron chi connectivity index (χ1n) is 8.61. The fraction of sp³-hybridized carbons (Fsp3) is 0.0952. The van der Waals surface area contributed by atoms with E-state index in [1.54, 1.807) is 36.4 Å². The minimum Gasteiger partial charge on any atom is -0.495 e. The van der Waals surface area contributed by atoms with Crippen LogP contribution in [-0.4, -0.2) is 23.9 Å². The number of methoxy groups -OCH3 is 1. The molecule has 7 nitrogen and oxygen atoms in total. The third-order valence-electron chi connectivity index (χ3n) is 3.79. The lowest BCUT2D eigenvalue weighted by Crippen LogP contribution is -2.14. The van der Waals surface area contributed by atoms with Crippen LogP contribution < -0.4 is 20.1 Å². The molecule has 0 aliphatic rings. The van der Waals surface area contributed by atoms with Gasteiger partial charge < -0.3 is 20.1 Å². The first kappa shape index (κ1) is 20.3. The fourth-order valence-corrected chi connectivity index (χ4v) is 2.89. The van der Waals surface area contributed by atoms with Gasteiger partial charge in [-0.25, -0.2) is 4.98 Å². The number of benzene rings is 2. The van der Waals surface area contributed by atoms with Gasteiger partial charge >= 0.3 is 0 Å². The molecule has 2 N–H and O–H groups in total. The number of rotatable bonds is 6. The molecule has 0 radical (unpaired) electrons. The van der Waals surface area contributed by atoms with Gasteiger partial charge in [0.1, 0.15) is 11.5 Å². The van der Waals surface area contributed by atoms with E-state index in [1.165, 1.54) is 20.2 Å². The van der Waals surface area contributed by atoms with Gasteiger partial charge in [-0.2, -0.15) is 0 Å². The number of nitrogens with zero attached hydrogens (tertiary/aromatic N) is 1. The van der Waals surface area contributed by atoms with Crippen molar-refractivity contribution in [3.63, 3.8) is 0 Å². The van der Waals surface area contributed by atoms with Gasteiger partial charge in [-0.1, -0.05) is 22.0 Å². The zero-order valence-electron chi connectivity index (χ0n) is 15.7. The van der Waals surface area contributed by atoms with E-state index >= 15 is 0 Å². The van der Waals surface area contributed by atoms with Crippen LogP contribution in [0.4, 0.5) is 11.4 Å². The smallest absolute Gasteiger partial charge is 0.257 e. The van der Waals surface area contributed by atoms with Crippen LogP contribution in [0.1, 0.15) is 17.3 Å². The highest BCUT2D eigenvalue weighted by molar-refractivity contribution is 9.10. The molecule has 29 heavy (non-hydrogen) atoms. The van der Waals surface area contributed by atoms with Gasteiger partial charge in [-0.3, -0.25) is 9.59 Å². The molecule has 0 atom stereocenters. The summed E-state index contributed by atoms with van der Waals surface area (Å²) < 4.78 is 11.8. The van der Waals surface area contributed by atoms with E-state index in [9.17, 15) is 9.59 Å². The normalized spacial score (nSPS) is 10.2. The average Bonchev–Trinajstić information content (AvgIpc) is 2.68. The van der Waals surface area contributed by atoms with Gasteiger partial charge in [0.15, 0.2) is 0 Å². The Bertz CT molecular complexity index is 1040. The van der Waals surface area contributed by atoms with Crippen molar-refractivity contribution in [2.24, 2.45) is 0 Å². The van der Waals surface area contributed by atoms with E-state index in [1.807, 2.05) is 18.2 Å². The maximum atomic E-state index is 12.6. The Kier molecular flexibility index (Phi) is 6.46. The maximum absolute atomic E-state index is 12.6. The number of amides is 2. The first-order valence-corrected chi connectivity index (χ1v) is 9.40. The van der Waals surface area contributed by atoms with Gasteiger partial charge in [0, 0.05) is 29.3 Å². The van der Waals surface area contributed by atoms with Crippen molar-refractivity contribution < 1.29 is 19.1 Å². The van der Waals surface area contributed by atoms with Crippen molar-refractivity contribution in [3.05, 3.63) is 70.8 Å². The summed E-state index contributed by atoms with van der Waals surface area (Å²) in [5.41, 5.74) is 1.32. The summed E-state index contributed by atoms with van der Waals surface area (Å²) >= 11 is 3.38. The lowest BCUT2D eigenvalue weighted by Gasteiger charge is -2.12. The Balaban J connectivity index is 1.73. The highest BCUT2D eigenvalue weighted by Crippen LogP contribution is 2.28. The Labute approximate surface area is 176 Å². The van der Waals surface area contributed by atoms with Gasteiger partial charge in [0.25, 0.3) is 5.91 Å². The Morgan fingerprint density at radius 2 is 1.86 bits per heavy atom. The Hall–Kier alpha value is -3.39. The number of aromatic nitrogens is 1. The van der Waals surface area contributed by atoms with Crippen molar-refractivity contribution in [3.8, 4) is 17.4 Å². The van der Waals surface area contributed by atoms with Crippen molar-refractivity contribution in [1.29, 1.82) is 0 Å². The molecule has 0 spiro atoms. The minimum absolute atomic E-state index is 0.210. The molecule has 2 amide bonds. The summed E-state index contributed by atoms with van der Waals surface area (Å²) in [4.78, 5) is 28.0. The number of hydrogen-bond donors (Lipinski definition) is 2. The molecule has 1 heterocycles. The standard InChI is InChI=1S/C21H18BrN3O4/c1-13(26)24-16-7-8-19(28-2)18(11-16)25-21(27)14-6-9-20(23-12-14)29-17-5-3-4-15(22)10-17/h3-12H,1-2H3,(H,24,26)(H,25,27). The van der Waals surface area contributed by atoms with Crippen LogP contribution in [0.5, 0.6) is 17.4 Å². The summed E-state index contributed by atoms with van der Waals surface area (Å²) in [6, 6.07) is 15.6. The van der Waals surface area contributed by atoms with Crippen LogP contribution in [0.2, 0.25) is 0 Å². The predicted molar refractivity (Wildman–Crippen MR) is 114 cm³/mol. The molecule has 0 unspecified atom stereocenters. The van der Waals surface area contributed by atoms with Gasteiger partial charge in [-0.05, 0) is 42.5 Å². The third-order valence-corrected chi connectivity index (χ3v) is 4.28. The minimum atomic E-state index is -0.371. The Morgan fingerprint density at radius 1 is 1.03 bits per heavy atom. The number of carbonyl (C=O) groups excluding carboxylic acids is 2. The molecular weight excluding hydrogens is 438 g/mol. The number of hydrogen-bond acceptors (Lipinski definition) is 5. The van der Waals surface area contributed by atoms with Crippen molar-refractivity contribution in [1.82, 2.24) is 4.98 Å². The zero-order chi connectivity index (χ0) is 20.8. The van der Waals surface area contributed by atoms with Gasteiger partial charge in [-0.15, -0.1) is 0 Å². The van der Waals surface area contributed by atoms with Crippen LogP contribution in [-0.2, 0) is 4.79 Å². The van der Waals surface area contributed by atoms with Crippen LogP contribution >= 0.6 is 15.9 Å². The van der Waals surface area contributed by atoms with Crippen LogP contribution in [0.25, 0.3) is 0 Å². The number of pyridine rings is 1. The topological polar surface area (TPSA) is 89.6 Å².